The van der Waals surface area contributed by atoms with Crippen LogP contribution in [0.5, 0.6) is 5.75 Å². The molecule has 48 heavy (non-hydrogen) atoms. The molecule has 0 aliphatic rings. The number of hydrogen-bond donors (Lipinski definition) is 1. The molecule has 0 fully saturated rings. The first-order valence-corrected chi connectivity index (χ1v) is 19.6. The number of methoxy groups -OCH3 is 1. The summed E-state index contributed by atoms with van der Waals surface area (Å²) in [5, 5.41) is 14.0. The molecule has 6 rings (SSSR count). The highest BCUT2D eigenvalue weighted by Gasteiger charge is 2.40. The number of aliphatic hydroxyl groups excluding tert-OH is 1. The number of nitrogens with zero attached hydrogens (tertiary/aromatic N) is 2. The van der Waals surface area contributed by atoms with E-state index in [1.165, 1.54) is 0 Å². The zero-order valence-electron chi connectivity index (χ0n) is 29.0. The van der Waals surface area contributed by atoms with E-state index in [2.05, 4.69) is 136 Å². The van der Waals surface area contributed by atoms with Crippen LogP contribution in [0.3, 0.4) is 0 Å². The molecule has 5 nitrogen and oxygen atoms in total. The number of aromatic nitrogens is 2. The molecule has 246 valence electrons. The smallest absolute Gasteiger partial charge is 0.192 e. The quantitative estimate of drug-likeness (QED) is 0.118. The van der Waals surface area contributed by atoms with Gasteiger partial charge in [0.05, 0.1) is 25.2 Å². The second kappa shape index (κ2) is 13.2. The number of fused-ring (bicyclic) bond motifs is 1. The van der Waals surface area contributed by atoms with Gasteiger partial charge in [-0.3, -0.25) is 0 Å². The predicted molar refractivity (Wildman–Crippen MR) is 198 cm³/mol. The fourth-order valence-corrected chi connectivity index (χ4v) is 7.97. The molecule has 0 radical (unpaired) electrons. The van der Waals surface area contributed by atoms with Gasteiger partial charge in [0.1, 0.15) is 17.4 Å². The standard InChI is InChI=1S/C42H46N2O3Si/c1-30(47-48(6,7)41(2,3)4)39-36-25-23-32(27-31(36)24-26-38(39)46-5)40(45)37-28-44(29-43-37)42(33-17-11-8-12-18-33,34-19-13-9-14-20-34)35-21-15-10-16-22-35/h8-30,40,45H,1-7H3. The molecule has 0 bridgehead atoms. The number of rotatable bonds is 10. The Kier molecular flexibility index (Phi) is 9.18. The lowest BCUT2D eigenvalue weighted by Crippen LogP contribution is -2.41. The van der Waals surface area contributed by atoms with Crippen molar-refractivity contribution in [1.82, 2.24) is 9.55 Å². The predicted octanol–water partition coefficient (Wildman–Crippen LogP) is 10.0. The largest absolute Gasteiger partial charge is 0.496 e. The number of imidazole rings is 1. The summed E-state index contributed by atoms with van der Waals surface area (Å²) in [5.41, 5.74) is 4.97. The van der Waals surface area contributed by atoms with Gasteiger partial charge >= 0.3 is 0 Å². The molecule has 6 aromatic rings. The van der Waals surface area contributed by atoms with Crippen molar-refractivity contribution in [3.63, 3.8) is 0 Å². The van der Waals surface area contributed by atoms with Gasteiger partial charge in [0, 0.05) is 11.8 Å². The van der Waals surface area contributed by atoms with Gasteiger partial charge in [0.2, 0.25) is 0 Å². The Morgan fingerprint density at radius 2 is 1.29 bits per heavy atom. The first-order valence-electron chi connectivity index (χ1n) is 16.6. The molecule has 0 aliphatic carbocycles. The third kappa shape index (κ3) is 6.00. The molecule has 1 N–H and O–H groups in total. The van der Waals surface area contributed by atoms with Crippen molar-refractivity contribution in [2.45, 2.75) is 63.6 Å². The summed E-state index contributed by atoms with van der Waals surface area (Å²) in [4.78, 5) is 4.83. The van der Waals surface area contributed by atoms with Crippen LogP contribution in [-0.2, 0) is 9.96 Å². The van der Waals surface area contributed by atoms with E-state index in [-0.39, 0.29) is 11.1 Å². The molecule has 2 unspecified atom stereocenters. The van der Waals surface area contributed by atoms with E-state index in [1.54, 1.807) is 7.11 Å². The summed E-state index contributed by atoms with van der Waals surface area (Å²) in [6.45, 7) is 13.4. The Bertz CT molecular complexity index is 1890. The topological polar surface area (TPSA) is 56.5 Å². The second-order valence-corrected chi connectivity index (χ2v) is 18.9. The lowest BCUT2D eigenvalue weighted by atomic mass is 9.77. The molecule has 2 atom stereocenters. The Morgan fingerprint density at radius 1 is 0.750 bits per heavy atom. The van der Waals surface area contributed by atoms with Gasteiger partial charge in [-0.05, 0) is 70.2 Å². The third-order valence-corrected chi connectivity index (χ3v) is 14.7. The van der Waals surface area contributed by atoms with Crippen LogP contribution >= 0.6 is 0 Å². The molecular formula is C42H46N2O3Si. The fraction of sp³-hybridized carbons (Fsp3) is 0.262. The lowest BCUT2D eigenvalue weighted by molar-refractivity contribution is 0.200. The molecule has 0 spiro atoms. The average molecular weight is 655 g/mol. The zero-order valence-corrected chi connectivity index (χ0v) is 30.0. The van der Waals surface area contributed by atoms with Gasteiger partial charge in [0.15, 0.2) is 8.32 Å². The lowest BCUT2D eigenvalue weighted by Gasteiger charge is -2.39. The maximum Gasteiger partial charge on any atom is 0.192 e. The average Bonchev–Trinajstić information content (AvgIpc) is 3.59. The molecule has 0 aliphatic heterocycles. The van der Waals surface area contributed by atoms with E-state index in [0.29, 0.717) is 5.69 Å². The van der Waals surface area contributed by atoms with Crippen molar-refractivity contribution >= 4 is 19.1 Å². The van der Waals surface area contributed by atoms with E-state index in [4.69, 9.17) is 14.1 Å². The maximum absolute atomic E-state index is 11.8. The van der Waals surface area contributed by atoms with Crippen LogP contribution in [0.2, 0.25) is 18.1 Å². The summed E-state index contributed by atoms with van der Waals surface area (Å²) in [6, 6.07) is 41.6. The van der Waals surface area contributed by atoms with Crippen molar-refractivity contribution in [3.8, 4) is 5.75 Å². The third-order valence-electron chi connectivity index (χ3n) is 10.1. The Balaban J connectivity index is 1.43. The van der Waals surface area contributed by atoms with Crippen molar-refractivity contribution in [1.29, 1.82) is 0 Å². The minimum atomic E-state index is -2.04. The minimum Gasteiger partial charge on any atom is -0.496 e. The number of hydrogen-bond acceptors (Lipinski definition) is 4. The van der Waals surface area contributed by atoms with Crippen LogP contribution in [-0.4, -0.2) is 30.1 Å². The molecule has 1 aromatic heterocycles. The Morgan fingerprint density at radius 3 is 1.79 bits per heavy atom. The highest BCUT2D eigenvalue weighted by molar-refractivity contribution is 6.74. The van der Waals surface area contributed by atoms with E-state index >= 15 is 0 Å². The number of aliphatic hydroxyl groups is 1. The van der Waals surface area contributed by atoms with Crippen LogP contribution < -0.4 is 4.74 Å². The number of benzene rings is 5. The van der Waals surface area contributed by atoms with Gasteiger partial charge < -0.3 is 18.8 Å². The minimum absolute atomic E-state index is 0.0822. The molecule has 0 amide bonds. The van der Waals surface area contributed by atoms with Gasteiger partial charge in [0.25, 0.3) is 0 Å². The summed E-state index contributed by atoms with van der Waals surface area (Å²) in [7, 11) is -0.333. The van der Waals surface area contributed by atoms with Crippen molar-refractivity contribution < 1.29 is 14.3 Å². The second-order valence-electron chi connectivity index (χ2n) is 14.1. The molecule has 0 saturated carbocycles. The molecule has 1 heterocycles. The van der Waals surface area contributed by atoms with Crippen LogP contribution in [0.25, 0.3) is 10.8 Å². The highest BCUT2D eigenvalue weighted by atomic mass is 28.4. The Labute approximate surface area is 286 Å². The van der Waals surface area contributed by atoms with Crippen LogP contribution in [0, 0.1) is 0 Å². The van der Waals surface area contributed by atoms with Crippen molar-refractivity contribution in [3.05, 3.63) is 167 Å². The van der Waals surface area contributed by atoms with Crippen molar-refractivity contribution in [2.75, 3.05) is 7.11 Å². The monoisotopic (exact) mass is 654 g/mol. The van der Waals surface area contributed by atoms with Crippen LogP contribution in [0.1, 0.15) is 73.4 Å². The van der Waals surface area contributed by atoms with Gasteiger partial charge in [-0.15, -0.1) is 0 Å². The molecule has 5 aromatic carbocycles. The van der Waals surface area contributed by atoms with E-state index in [1.807, 2.05) is 42.9 Å². The first-order chi connectivity index (χ1) is 23.0. The maximum atomic E-state index is 11.8. The van der Waals surface area contributed by atoms with Gasteiger partial charge in [-0.1, -0.05) is 130 Å². The van der Waals surface area contributed by atoms with E-state index in [0.717, 1.165) is 44.3 Å². The zero-order chi connectivity index (χ0) is 34.1. The normalized spacial score (nSPS) is 13.8. The summed E-state index contributed by atoms with van der Waals surface area (Å²) in [5.74, 6) is 0.805. The highest BCUT2D eigenvalue weighted by Crippen LogP contribution is 2.44. The van der Waals surface area contributed by atoms with Crippen LogP contribution in [0.15, 0.2) is 134 Å². The molecule has 0 saturated heterocycles. The van der Waals surface area contributed by atoms with Gasteiger partial charge in [-0.2, -0.15) is 0 Å². The van der Waals surface area contributed by atoms with E-state index < -0.39 is 20.0 Å². The van der Waals surface area contributed by atoms with Crippen LogP contribution in [0.4, 0.5) is 0 Å². The van der Waals surface area contributed by atoms with E-state index in [9.17, 15) is 5.11 Å². The molecular weight excluding hydrogens is 609 g/mol. The SMILES string of the molecule is COc1ccc2cc(C(O)c3cn(C(c4ccccc4)(c4ccccc4)c4ccccc4)cn3)ccc2c1C(C)O[Si](C)(C)C(C)(C)C. The van der Waals surface area contributed by atoms with Crippen molar-refractivity contribution in [2.24, 2.45) is 0 Å². The summed E-state index contributed by atoms with van der Waals surface area (Å²) in [6.07, 6.45) is 2.74. The first kappa shape index (κ1) is 33.4. The summed E-state index contributed by atoms with van der Waals surface area (Å²) < 4.78 is 14.8. The summed E-state index contributed by atoms with van der Waals surface area (Å²) >= 11 is 0. The fourth-order valence-electron chi connectivity index (χ4n) is 6.62. The molecule has 6 heteroatoms. The Hall–Kier alpha value is -4.49. The number of ether oxygens (including phenoxy) is 1. The van der Waals surface area contributed by atoms with Gasteiger partial charge in [-0.25, -0.2) is 4.98 Å².